The predicted molar refractivity (Wildman–Crippen MR) is 129 cm³/mol. The van der Waals surface area contributed by atoms with Gasteiger partial charge in [-0.25, -0.2) is 9.78 Å². The van der Waals surface area contributed by atoms with Crippen LogP contribution in [0.4, 0.5) is 11.4 Å². The monoisotopic (exact) mass is 471 g/mol. The molecule has 10 nitrogen and oxygen atoms in total. The molecule has 0 unspecified atom stereocenters. The van der Waals surface area contributed by atoms with Gasteiger partial charge in [0, 0.05) is 45.3 Å². The molecule has 1 amide bonds. The van der Waals surface area contributed by atoms with Crippen molar-refractivity contribution in [1.29, 1.82) is 0 Å². The number of anilines is 2. The van der Waals surface area contributed by atoms with Crippen LogP contribution in [0.5, 0.6) is 5.75 Å². The first-order valence-corrected chi connectivity index (χ1v) is 12.0. The molecule has 2 fully saturated rings. The van der Waals surface area contributed by atoms with E-state index in [2.05, 4.69) is 21.8 Å². The number of fused-ring (bicyclic) bond motifs is 1. The number of rotatable bonds is 7. The Balaban J connectivity index is 1.92. The molecule has 0 saturated carbocycles. The van der Waals surface area contributed by atoms with Crippen LogP contribution in [0.15, 0.2) is 17.1 Å². The van der Waals surface area contributed by atoms with Gasteiger partial charge in [0.1, 0.15) is 0 Å². The van der Waals surface area contributed by atoms with E-state index >= 15 is 0 Å². The molecular formula is C24H33N5O5. The Bertz CT molecular complexity index is 1120. The molecule has 34 heavy (non-hydrogen) atoms. The lowest BCUT2D eigenvalue weighted by Gasteiger charge is -2.35. The van der Waals surface area contributed by atoms with Gasteiger partial charge in [-0.3, -0.25) is 14.0 Å². The molecule has 4 heterocycles. The normalized spacial score (nSPS) is 17.3. The first kappa shape index (κ1) is 24.0. The second-order valence-electron chi connectivity index (χ2n) is 8.86. The number of aromatic nitrogens is 2. The van der Waals surface area contributed by atoms with E-state index in [-0.39, 0.29) is 23.0 Å². The minimum atomic E-state index is -0.745. The Labute approximate surface area is 199 Å². The lowest BCUT2D eigenvalue weighted by atomic mass is 10.1. The Kier molecular flexibility index (Phi) is 7.35. The van der Waals surface area contributed by atoms with Crippen LogP contribution in [0.2, 0.25) is 0 Å². The van der Waals surface area contributed by atoms with Gasteiger partial charge in [0.05, 0.1) is 25.1 Å². The highest BCUT2D eigenvalue weighted by molar-refractivity contribution is 5.99. The molecule has 0 aliphatic carbocycles. The summed E-state index contributed by atoms with van der Waals surface area (Å²) in [5, 5.41) is 0. The highest BCUT2D eigenvalue weighted by Gasteiger charge is 2.28. The van der Waals surface area contributed by atoms with Crippen LogP contribution in [0.25, 0.3) is 5.65 Å². The number of amides is 1. The van der Waals surface area contributed by atoms with Gasteiger partial charge in [0.2, 0.25) is 11.7 Å². The Hall–Kier alpha value is -3.14. The van der Waals surface area contributed by atoms with Gasteiger partial charge in [-0.05, 0) is 32.4 Å². The summed E-state index contributed by atoms with van der Waals surface area (Å²) in [6.45, 7) is 6.25. The van der Waals surface area contributed by atoms with Gasteiger partial charge in [0.25, 0.3) is 0 Å². The Morgan fingerprint density at radius 2 is 1.88 bits per heavy atom. The average Bonchev–Trinajstić information content (AvgIpc) is 2.85. The minimum absolute atomic E-state index is 0.0131. The maximum Gasteiger partial charge on any atom is 0.360 e. The molecule has 0 bridgehead atoms. The number of carbonyl (C=O) groups excluding carboxylic acids is 2. The zero-order chi connectivity index (χ0) is 24.2. The molecule has 0 N–H and O–H groups in total. The summed E-state index contributed by atoms with van der Waals surface area (Å²) in [6.07, 6.45) is 5.49. The zero-order valence-corrected chi connectivity index (χ0v) is 20.2. The second-order valence-corrected chi connectivity index (χ2v) is 8.86. The fourth-order valence-corrected chi connectivity index (χ4v) is 4.37. The van der Waals surface area contributed by atoms with Crippen molar-refractivity contribution in [3.05, 3.63) is 28.3 Å². The van der Waals surface area contributed by atoms with E-state index in [4.69, 9.17) is 9.47 Å². The predicted octanol–water partition coefficient (Wildman–Crippen LogP) is 1.93. The van der Waals surface area contributed by atoms with Crippen LogP contribution in [0.1, 0.15) is 49.5 Å². The number of ether oxygens (including phenoxy) is 2. The van der Waals surface area contributed by atoms with E-state index in [1.165, 1.54) is 11.5 Å². The third-order valence-electron chi connectivity index (χ3n) is 6.45. The fourth-order valence-electron chi connectivity index (χ4n) is 4.37. The standard InChI is InChI=1S/C24H33N5O5/c1-4-5-14-34-21-20(24(32)33-3)25-22-18(28-9-7-6-8-19(28)30)15-17(16-29(22)23(21)31)27-12-10-26(2)11-13-27/h15-16H,4-14H2,1-3H3. The first-order chi connectivity index (χ1) is 16.4. The van der Waals surface area contributed by atoms with Crippen molar-refractivity contribution < 1.29 is 19.1 Å². The molecule has 0 spiro atoms. The molecule has 2 aliphatic rings. The largest absolute Gasteiger partial charge is 0.486 e. The summed E-state index contributed by atoms with van der Waals surface area (Å²) in [5.74, 6) is -0.879. The number of hydrogen-bond donors (Lipinski definition) is 0. The summed E-state index contributed by atoms with van der Waals surface area (Å²) in [7, 11) is 3.32. The van der Waals surface area contributed by atoms with Gasteiger partial charge < -0.3 is 24.2 Å². The summed E-state index contributed by atoms with van der Waals surface area (Å²) < 4.78 is 12.1. The second kappa shape index (κ2) is 10.4. The molecule has 2 aromatic heterocycles. The van der Waals surface area contributed by atoms with Crippen LogP contribution in [0, 0.1) is 0 Å². The van der Waals surface area contributed by atoms with Gasteiger partial charge in [-0.2, -0.15) is 0 Å². The maximum atomic E-state index is 13.6. The molecule has 0 atom stereocenters. The third kappa shape index (κ3) is 4.72. The van der Waals surface area contributed by atoms with E-state index < -0.39 is 11.5 Å². The third-order valence-corrected chi connectivity index (χ3v) is 6.45. The molecule has 184 valence electrons. The summed E-state index contributed by atoms with van der Waals surface area (Å²) in [5.41, 5.74) is 0.970. The average molecular weight is 472 g/mol. The van der Waals surface area contributed by atoms with Crippen molar-refractivity contribution in [2.75, 3.05) is 63.3 Å². The maximum absolute atomic E-state index is 13.6. The summed E-state index contributed by atoms with van der Waals surface area (Å²) in [6, 6.07) is 1.91. The molecule has 0 radical (unpaired) electrons. The number of unbranched alkanes of at least 4 members (excludes halogenated alkanes) is 1. The lowest BCUT2D eigenvalue weighted by Crippen LogP contribution is -2.45. The molecule has 10 heteroatoms. The molecule has 2 saturated heterocycles. The van der Waals surface area contributed by atoms with Gasteiger partial charge in [-0.15, -0.1) is 0 Å². The van der Waals surface area contributed by atoms with Crippen molar-refractivity contribution in [3.8, 4) is 5.75 Å². The van der Waals surface area contributed by atoms with E-state index in [1.807, 2.05) is 13.0 Å². The summed E-state index contributed by atoms with van der Waals surface area (Å²) >= 11 is 0. The van der Waals surface area contributed by atoms with E-state index in [9.17, 15) is 14.4 Å². The number of likely N-dealkylation sites (N-methyl/N-ethyl adjacent to an activating group) is 1. The number of nitrogens with zero attached hydrogens (tertiary/aromatic N) is 5. The Morgan fingerprint density at radius 1 is 1.12 bits per heavy atom. The SMILES string of the molecule is CCCCOc1c(C(=O)OC)nc2c(N3CCCCC3=O)cc(N3CCN(C)CC3)cn2c1=O. The number of carbonyl (C=O) groups is 2. The number of piperidine rings is 1. The van der Waals surface area contributed by atoms with Crippen molar-refractivity contribution in [2.45, 2.75) is 39.0 Å². The number of esters is 1. The van der Waals surface area contributed by atoms with Crippen LogP contribution in [-0.2, 0) is 9.53 Å². The van der Waals surface area contributed by atoms with Gasteiger partial charge >= 0.3 is 11.5 Å². The van der Waals surface area contributed by atoms with Crippen LogP contribution in [-0.4, -0.2) is 79.6 Å². The molecule has 2 aromatic rings. The molecular weight excluding hydrogens is 438 g/mol. The van der Waals surface area contributed by atoms with Crippen LogP contribution >= 0.6 is 0 Å². The fraction of sp³-hybridized carbons (Fsp3) is 0.583. The zero-order valence-electron chi connectivity index (χ0n) is 20.2. The minimum Gasteiger partial charge on any atom is -0.486 e. The first-order valence-electron chi connectivity index (χ1n) is 12.0. The Morgan fingerprint density at radius 3 is 2.56 bits per heavy atom. The topological polar surface area (TPSA) is 96.7 Å². The van der Waals surface area contributed by atoms with E-state index in [0.29, 0.717) is 25.3 Å². The number of pyridine rings is 1. The van der Waals surface area contributed by atoms with E-state index in [1.54, 1.807) is 11.1 Å². The van der Waals surface area contributed by atoms with Gasteiger partial charge in [0.15, 0.2) is 11.3 Å². The number of hydrogen-bond acceptors (Lipinski definition) is 8. The van der Waals surface area contributed by atoms with Crippen molar-refractivity contribution in [1.82, 2.24) is 14.3 Å². The molecule has 4 rings (SSSR count). The number of piperazine rings is 1. The van der Waals surface area contributed by atoms with Crippen molar-refractivity contribution in [3.63, 3.8) is 0 Å². The van der Waals surface area contributed by atoms with Crippen LogP contribution in [0.3, 0.4) is 0 Å². The highest BCUT2D eigenvalue weighted by Crippen LogP contribution is 2.31. The van der Waals surface area contributed by atoms with Crippen LogP contribution < -0.4 is 20.1 Å². The van der Waals surface area contributed by atoms with Crippen molar-refractivity contribution >= 4 is 28.9 Å². The molecule has 0 aromatic carbocycles. The summed E-state index contributed by atoms with van der Waals surface area (Å²) in [4.78, 5) is 49.7. The highest BCUT2D eigenvalue weighted by atomic mass is 16.5. The van der Waals surface area contributed by atoms with Crippen molar-refractivity contribution in [2.24, 2.45) is 0 Å². The number of methoxy groups -OCH3 is 1. The quantitative estimate of drug-likeness (QED) is 0.446. The van der Waals surface area contributed by atoms with Gasteiger partial charge in [-0.1, -0.05) is 13.3 Å². The smallest absolute Gasteiger partial charge is 0.360 e. The molecule has 2 aliphatic heterocycles. The lowest BCUT2D eigenvalue weighted by molar-refractivity contribution is -0.119. The van der Waals surface area contributed by atoms with E-state index in [0.717, 1.165) is 57.5 Å².